The zero-order valence-electron chi connectivity index (χ0n) is 10.2. The number of hydrogen-bond acceptors (Lipinski definition) is 2. The average molecular weight is 239 g/mol. The van der Waals surface area contributed by atoms with Crippen LogP contribution in [-0.2, 0) is 23.8 Å². The maximum Gasteiger partial charge on any atom is 0.0244 e. The molecule has 1 aromatic carbocycles. The topological polar surface area (TPSA) is 29.1 Å². The predicted molar refractivity (Wildman–Crippen MR) is 71.1 cm³/mol. The van der Waals surface area contributed by atoms with Crippen molar-refractivity contribution < 1.29 is 4.21 Å². The molecule has 0 bridgehead atoms. The van der Waals surface area contributed by atoms with Crippen molar-refractivity contribution in [1.82, 2.24) is 5.32 Å². The van der Waals surface area contributed by atoms with Crippen LogP contribution in [0.2, 0.25) is 0 Å². The van der Waals surface area contributed by atoms with Crippen LogP contribution in [0.4, 0.5) is 0 Å². The van der Waals surface area contributed by atoms with Gasteiger partial charge in [-0.15, -0.1) is 0 Å². The summed E-state index contributed by atoms with van der Waals surface area (Å²) in [6.07, 6.45) is 3.83. The van der Waals surface area contributed by atoms with Gasteiger partial charge in [0.05, 0.1) is 0 Å². The third kappa shape index (κ3) is 5.42. The minimum Gasteiger partial charge on any atom is -0.313 e. The summed E-state index contributed by atoms with van der Waals surface area (Å²) in [5.41, 5.74) is 2.69. The maximum absolute atomic E-state index is 10.8. The number of aryl methyl sites for hydroxylation is 1. The minimum absolute atomic E-state index is 0.658. The summed E-state index contributed by atoms with van der Waals surface area (Å²) >= 11 is 0. The van der Waals surface area contributed by atoms with Gasteiger partial charge in [0.25, 0.3) is 0 Å². The summed E-state index contributed by atoms with van der Waals surface area (Å²) in [5, 5.41) is 3.36. The summed E-state index contributed by atoms with van der Waals surface area (Å²) in [5.74, 6) is 0.793. The first kappa shape index (κ1) is 13.4. The highest BCUT2D eigenvalue weighted by Crippen LogP contribution is 2.04. The molecule has 1 rings (SSSR count). The van der Waals surface area contributed by atoms with Crippen molar-refractivity contribution in [3.8, 4) is 0 Å². The first-order valence-electron chi connectivity index (χ1n) is 5.81. The van der Waals surface area contributed by atoms with Crippen LogP contribution in [-0.4, -0.2) is 22.8 Å². The summed E-state index contributed by atoms with van der Waals surface area (Å²) in [7, 11) is -0.658. The van der Waals surface area contributed by atoms with Crippen LogP contribution < -0.4 is 5.32 Å². The van der Waals surface area contributed by atoms with Crippen molar-refractivity contribution in [3.63, 3.8) is 0 Å². The monoisotopic (exact) mass is 239 g/mol. The van der Waals surface area contributed by atoms with E-state index in [-0.39, 0.29) is 0 Å². The van der Waals surface area contributed by atoms with Gasteiger partial charge in [0.2, 0.25) is 0 Å². The fraction of sp³-hybridized carbons (Fsp3) is 0.538. The van der Waals surface area contributed by atoms with Crippen LogP contribution in [0.15, 0.2) is 24.3 Å². The zero-order valence-corrected chi connectivity index (χ0v) is 11.0. The molecule has 16 heavy (non-hydrogen) atoms. The fourth-order valence-electron chi connectivity index (χ4n) is 1.53. The molecule has 1 unspecified atom stereocenters. The Balaban J connectivity index is 2.19. The highest BCUT2D eigenvalue weighted by atomic mass is 32.2. The Hall–Kier alpha value is -0.670. The Morgan fingerprint density at radius 2 is 1.81 bits per heavy atom. The van der Waals surface area contributed by atoms with Gasteiger partial charge in [0, 0.05) is 29.4 Å². The smallest absolute Gasteiger partial charge is 0.0244 e. The Morgan fingerprint density at radius 1 is 1.19 bits per heavy atom. The van der Waals surface area contributed by atoms with Crippen LogP contribution >= 0.6 is 0 Å². The van der Waals surface area contributed by atoms with Crippen LogP contribution in [0.1, 0.15) is 24.5 Å². The van der Waals surface area contributed by atoms with E-state index in [0.29, 0.717) is 0 Å². The third-order valence-electron chi connectivity index (χ3n) is 2.55. The number of hydrogen-bond donors (Lipinski definition) is 1. The molecule has 0 radical (unpaired) electrons. The first-order chi connectivity index (χ1) is 7.72. The van der Waals surface area contributed by atoms with Crippen LogP contribution in [0.3, 0.4) is 0 Å². The molecule has 0 aliphatic rings. The van der Waals surface area contributed by atoms with Gasteiger partial charge in [-0.1, -0.05) is 31.2 Å². The summed E-state index contributed by atoms with van der Waals surface area (Å²) < 4.78 is 10.8. The van der Waals surface area contributed by atoms with E-state index in [4.69, 9.17) is 0 Å². The van der Waals surface area contributed by atoms with Gasteiger partial charge in [-0.2, -0.15) is 0 Å². The lowest BCUT2D eigenvalue weighted by Crippen LogP contribution is -2.16. The van der Waals surface area contributed by atoms with E-state index in [9.17, 15) is 4.21 Å². The Labute approximate surface area is 101 Å². The second-order valence-electron chi connectivity index (χ2n) is 3.98. The van der Waals surface area contributed by atoms with Crippen molar-refractivity contribution in [2.45, 2.75) is 26.3 Å². The Bertz CT molecular complexity index is 321. The molecule has 90 valence electrons. The Morgan fingerprint density at radius 3 is 2.38 bits per heavy atom. The molecule has 0 spiro atoms. The molecule has 0 aliphatic carbocycles. The SMILES string of the molecule is CCc1ccc(CNCCCS(C)=O)cc1. The first-order valence-corrected chi connectivity index (χ1v) is 7.53. The van der Waals surface area contributed by atoms with Crippen molar-refractivity contribution >= 4 is 10.8 Å². The van der Waals surface area contributed by atoms with Gasteiger partial charge < -0.3 is 5.32 Å². The summed E-state index contributed by atoms with van der Waals surface area (Å²) in [6, 6.07) is 8.70. The van der Waals surface area contributed by atoms with E-state index in [2.05, 4.69) is 36.5 Å². The van der Waals surface area contributed by atoms with E-state index in [1.165, 1.54) is 11.1 Å². The minimum atomic E-state index is -0.658. The highest BCUT2D eigenvalue weighted by molar-refractivity contribution is 7.84. The Kier molecular flexibility index (Phi) is 6.34. The molecule has 0 amide bonds. The molecule has 0 saturated heterocycles. The van der Waals surface area contributed by atoms with Gasteiger partial charge in [-0.05, 0) is 30.5 Å². The average Bonchev–Trinajstić information content (AvgIpc) is 2.29. The van der Waals surface area contributed by atoms with E-state index in [0.717, 1.165) is 31.7 Å². The molecule has 0 fully saturated rings. The predicted octanol–water partition coefficient (Wildman–Crippen LogP) is 2.11. The van der Waals surface area contributed by atoms with E-state index < -0.39 is 10.8 Å². The van der Waals surface area contributed by atoms with Gasteiger partial charge in [-0.25, -0.2) is 0 Å². The van der Waals surface area contributed by atoms with Crippen LogP contribution in [0, 0.1) is 0 Å². The molecular formula is C13H21NOS. The lowest BCUT2D eigenvalue weighted by molar-refractivity contribution is 0.662. The van der Waals surface area contributed by atoms with Crippen molar-refractivity contribution in [3.05, 3.63) is 35.4 Å². The normalized spacial score (nSPS) is 12.6. The highest BCUT2D eigenvalue weighted by Gasteiger charge is 1.94. The largest absolute Gasteiger partial charge is 0.313 e. The van der Waals surface area contributed by atoms with Gasteiger partial charge in [0.15, 0.2) is 0 Å². The van der Waals surface area contributed by atoms with E-state index in [1.807, 2.05) is 0 Å². The molecular weight excluding hydrogens is 218 g/mol. The maximum atomic E-state index is 10.8. The molecule has 1 aromatic rings. The molecule has 0 aromatic heterocycles. The quantitative estimate of drug-likeness (QED) is 0.738. The zero-order chi connectivity index (χ0) is 11.8. The number of rotatable bonds is 7. The second kappa shape index (κ2) is 7.58. The van der Waals surface area contributed by atoms with E-state index >= 15 is 0 Å². The fourth-order valence-corrected chi connectivity index (χ4v) is 2.08. The number of nitrogens with one attached hydrogen (secondary N) is 1. The summed E-state index contributed by atoms with van der Waals surface area (Å²) in [6.45, 7) is 4.01. The summed E-state index contributed by atoms with van der Waals surface area (Å²) in [4.78, 5) is 0. The molecule has 0 aliphatic heterocycles. The number of benzene rings is 1. The van der Waals surface area contributed by atoms with Crippen molar-refractivity contribution in [2.24, 2.45) is 0 Å². The second-order valence-corrected chi connectivity index (χ2v) is 5.53. The molecule has 2 nitrogen and oxygen atoms in total. The molecule has 3 heteroatoms. The van der Waals surface area contributed by atoms with Gasteiger partial charge in [0.1, 0.15) is 0 Å². The lowest BCUT2D eigenvalue weighted by Gasteiger charge is -2.05. The standard InChI is InChI=1S/C13H21NOS/c1-3-12-5-7-13(8-6-12)11-14-9-4-10-16(2)15/h5-8,14H,3-4,9-11H2,1-2H3. The van der Waals surface area contributed by atoms with E-state index in [1.54, 1.807) is 6.26 Å². The van der Waals surface area contributed by atoms with Crippen LogP contribution in [0.5, 0.6) is 0 Å². The lowest BCUT2D eigenvalue weighted by atomic mass is 10.1. The molecule has 1 N–H and O–H groups in total. The molecule has 0 heterocycles. The van der Waals surface area contributed by atoms with Gasteiger partial charge in [-0.3, -0.25) is 4.21 Å². The van der Waals surface area contributed by atoms with Crippen molar-refractivity contribution in [2.75, 3.05) is 18.6 Å². The molecule has 1 atom stereocenters. The van der Waals surface area contributed by atoms with Crippen molar-refractivity contribution in [1.29, 1.82) is 0 Å². The van der Waals surface area contributed by atoms with Gasteiger partial charge >= 0.3 is 0 Å². The molecule has 0 saturated carbocycles. The third-order valence-corrected chi connectivity index (χ3v) is 3.41. The van der Waals surface area contributed by atoms with Crippen LogP contribution in [0.25, 0.3) is 0 Å².